The third-order valence-corrected chi connectivity index (χ3v) is 1.52. The van der Waals surface area contributed by atoms with E-state index in [1.807, 2.05) is 0 Å². The molecule has 0 atom stereocenters. The van der Waals surface area contributed by atoms with Crippen LogP contribution in [0, 0.1) is 0 Å². The van der Waals surface area contributed by atoms with Crippen molar-refractivity contribution in [3.05, 3.63) is 0 Å². The fraction of sp³-hybridized carbons (Fsp3) is 0.833. The molecule has 54 valence electrons. The Morgan fingerprint density at radius 2 is 2.30 bits per heavy atom. The molecule has 1 fully saturated rings. The van der Waals surface area contributed by atoms with E-state index in [0.717, 1.165) is 12.8 Å². The zero-order valence-electron chi connectivity index (χ0n) is 7.30. The molecular weight excluding hydrogens is 141 g/mol. The van der Waals surface area contributed by atoms with E-state index in [1.54, 1.807) is 0 Å². The van der Waals surface area contributed by atoms with Crippen molar-refractivity contribution in [2.45, 2.75) is 25.4 Å². The molecule has 1 saturated carbocycles. The van der Waals surface area contributed by atoms with E-state index in [2.05, 4.69) is 0 Å². The first-order chi connectivity index (χ1) is 4.33. The van der Waals surface area contributed by atoms with E-state index < -0.39 is 0 Å². The number of carbonyl (C=O) groups is 1. The first kappa shape index (κ1) is 10.4. The van der Waals surface area contributed by atoms with E-state index in [0.29, 0.717) is 0 Å². The van der Waals surface area contributed by atoms with Gasteiger partial charge in [0.25, 0.3) is 0 Å². The average Bonchev–Trinajstić information content (AvgIpc) is 1.78. The maximum atomic E-state index is 10.5. The molecule has 1 aliphatic carbocycles. The van der Waals surface area contributed by atoms with Crippen LogP contribution in [0.1, 0.15) is 20.7 Å². The van der Waals surface area contributed by atoms with Gasteiger partial charge in [0, 0.05) is 0 Å². The van der Waals surface area contributed by atoms with Gasteiger partial charge < -0.3 is 11.9 Å². The Balaban J connectivity index is 0. The fourth-order valence-electron chi connectivity index (χ4n) is 0.723. The number of ether oxygens (including phenoxy) is 1. The van der Waals surface area contributed by atoms with Crippen molar-refractivity contribution in [2.75, 3.05) is 6.54 Å². The van der Waals surface area contributed by atoms with Crippen LogP contribution in [0.2, 0.25) is 0 Å². The van der Waals surface area contributed by atoms with Crippen molar-refractivity contribution in [2.24, 2.45) is 5.73 Å². The molecule has 0 aliphatic heterocycles. The molecule has 0 heterocycles. The molecule has 1 rings (SSSR count). The topological polar surface area (TPSA) is 52.3 Å². The van der Waals surface area contributed by atoms with Gasteiger partial charge in [-0.05, 0) is 19.3 Å². The summed E-state index contributed by atoms with van der Waals surface area (Å²) in [6.07, 6.45) is 3.40. The number of hydrogen-bond acceptors (Lipinski definition) is 3. The Bertz CT molecular complexity index is 119. The molecule has 0 saturated heterocycles. The smallest absolute Gasteiger partial charge is 1.00 e. The molecule has 0 aromatic carbocycles. The van der Waals surface area contributed by atoms with E-state index in [-0.39, 0.29) is 49.6 Å². The normalized spacial score (nSPS) is 16.9. The monoisotopic (exact) mass is 153 g/mol. The van der Waals surface area contributed by atoms with Crippen LogP contribution in [0.3, 0.4) is 0 Å². The van der Waals surface area contributed by atoms with Crippen LogP contribution in [-0.2, 0) is 9.53 Å². The van der Waals surface area contributed by atoms with Crippen LogP contribution in [0.15, 0.2) is 0 Å². The van der Waals surface area contributed by atoms with Gasteiger partial charge >= 0.3 is 35.5 Å². The summed E-state index contributed by atoms with van der Waals surface area (Å²) in [5.41, 5.74) is 5.02. The summed E-state index contributed by atoms with van der Waals surface area (Å²) in [6.45, 7) is 0.0104. The summed E-state index contributed by atoms with van der Waals surface area (Å²) in [4.78, 5) is 10.5. The summed E-state index contributed by atoms with van der Waals surface area (Å²) >= 11 is 0. The van der Waals surface area contributed by atoms with Gasteiger partial charge in [0.05, 0.1) is 6.54 Å². The van der Waals surface area contributed by atoms with Gasteiger partial charge in [-0.1, -0.05) is 0 Å². The van der Waals surface area contributed by atoms with Crippen LogP contribution in [0.4, 0.5) is 0 Å². The van der Waals surface area contributed by atoms with Gasteiger partial charge in [0.15, 0.2) is 0 Å². The molecule has 0 aromatic rings. The van der Waals surface area contributed by atoms with Crippen molar-refractivity contribution in [3.63, 3.8) is 0 Å². The quantitative estimate of drug-likeness (QED) is 0.343. The molecular formula is C6H12NNaO2. The average molecular weight is 153 g/mol. The van der Waals surface area contributed by atoms with Crippen LogP contribution in [-0.4, -0.2) is 18.6 Å². The zero-order valence-corrected chi connectivity index (χ0v) is 8.30. The largest absolute Gasteiger partial charge is 1.00 e. The van der Waals surface area contributed by atoms with Crippen molar-refractivity contribution >= 4 is 5.97 Å². The maximum Gasteiger partial charge on any atom is 1.00 e. The minimum atomic E-state index is -0.278. The van der Waals surface area contributed by atoms with Crippen LogP contribution >= 0.6 is 0 Å². The second-order valence-electron chi connectivity index (χ2n) is 2.25. The van der Waals surface area contributed by atoms with Crippen LogP contribution in [0.5, 0.6) is 0 Å². The molecule has 1 aliphatic rings. The third kappa shape index (κ3) is 3.01. The molecule has 0 bridgehead atoms. The molecule has 10 heavy (non-hydrogen) atoms. The van der Waals surface area contributed by atoms with Crippen molar-refractivity contribution < 1.29 is 40.5 Å². The Labute approximate surface area is 84.1 Å². The van der Waals surface area contributed by atoms with Crippen LogP contribution < -0.4 is 35.3 Å². The second kappa shape index (κ2) is 5.13. The summed E-state index contributed by atoms with van der Waals surface area (Å²) in [6, 6.07) is 0. The van der Waals surface area contributed by atoms with Gasteiger partial charge in [-0.2, -0.15) is 0 Å². The minimum absolute atomic E-state index is 0. The van der Waals surface area contributed by atoms with Gasteiger partial charge in [-0.3, -0.25) is 4.79 Å². The maximum absolute atomic E-state index is 10.5. The summed E-state index contributed by atoms with van der Waals surface area (Å²) in [5.74, 6) is -0.278. The number of hydrogen-bond donors (Lipinski definition) is 1. The van der Waals surface area contributed by atoms with Crippen molar-refractivity contribution in [1.29, 1.82) is 0 Å². The van der Waals surface area contributed by atoms with E-state index in [9.17, 15) is 4.79 Å². The molecule has 0 aromatic heterocycles. The number of nitrogens with two attached hydrogens (primary N) is 1. The molecule has 2 N–H and O–H groups in total. The van der Waals surface area contributed by atoms with Gasteiger partial charge in [0.2, 0.25) is 0 Å². The van der Waals surface area contributed by atoms with Gasteiger partial charge in [-0.25, -0.2) is 0 Å². The fourth-order valence-corrected chi connectivity index (χ4v) is 0.723. The molecule has 3 nitrogen and oxygen atoms in total. The van der Waals surface area contributed by atoms with Gasteiger partial charge in [0.1, 0.15) is 6.10 Å². The standard InChI is InChI=1S/C6H11NO2.Na.H/c7-4-6(8)9-5-2-1-3-5;;/h5H,1-4,7H2;;/q;+1;-1. The third-order valence-electron chi connectivity index (χ3n) is 1.52. The summed E-state index contributed by atoms with van der Waals surface area (Å²) < 4.78 is 4.87. The first-order valence-electron chi connectivity index (χ1n) is 3.22. The van der Waals surface area contributed by atoms with Crippen LogP contribution in [0.25, 0.3) is 0 Å². The Hall–Kier alpha value is 0.430. The predicted octanol–water partition coefficient (Wildman–Crippen LogP) is -2.84. The first-order valence-corrected chi connectivity index (χ1v) is 3.22. The number of esters is 1. The summed E-state index contributed by atoms with van der Waals surface area (Å²) in [5, 5.41) is 0. The Morgan fingerprint density at radius 3 is 2.60 bits per heavy atom. The van der Waals surface area contributed by atoms with E-state index >= 15 is 0 Å². The molecule has 0 amide bonds. The molecule has 0 unspecified atom stereocenters. The zero-order chi connectivity index (χ0) is 6.69. The number of rotatable bonds is 2. The van der Waals surface area contributed by atoms with Crippen molar-refractivity contribution in [1.82, 2.24) is 0 Å². The minimum Gasteiger partial charge on any atom is -1.00 e. The van der Waals surface area contributed by atoms with Crippen molar-refractivity contribution in [3.8, 4) is 0 Å². The Morgan fingerprint density at radius 1 is 1.70 bits per heavy atom. The van der Waals surface area contributed by atoms with E-state index in [4.69, 9.17) is 10.5 Å². The molecule has 4 heteroatoms. The molecule has 0 radical (unpaired) electrons. The summed E-state index contributed by atoms with van der Waals surface area (Å²) in [7, 11) is 0. The van der Waals surface area contributed by atoms with Gasteiger partial charge in [-0.15, -0.1) is 0 Å². The predicted molar refractivity (Wildman–Crippen MR) is 33.9 cm³/mol. The second-order valence-corrected chi connectivity index (χ2v) is 2.25. The van der Waals surface area contributed by atoms with E-state index in [1.165, 1.54) is 6.42 Å². The Kier molecular flexibility index (Phi) is 5.35. The molecule has 0 spiro atoms. The number of carbonyl (C=O) groups excluding carboxylic acids is 1. The SMILES string of the molecule is NCC(=O)OC1CCC1.[H-].[Na+].